The number of hydrogen-bond acceptors (Lipinski definition) is 10. The number of amides is 3. The number of rotatable bonds is 10. The third-order valence-electron chi connectivity index (χ3n) is 5.36. The summed E-state index contributed by atoms with van der Waals surface area (Å²) in [5.74, 6) is -0.645. The summed E-state index contributed by atoms with van der Waals surface area (Å²) in [7, 11) is 3.96. The number of carbonyl (C=O) groups excluding carboxylic acids is 3. The number of allylic oxidation sites excluding steroid dienone is 1. The van der Waals surface area contributed by atoms with Crippen LogP contribution in [-0.4, -0.2) is 57.0 Å². The molecule has 0 aromatic heterocycles. The van der Waals surface area contributed by atoms with Gasteiger partial charge < -0.3 is 29.6 Å². The molecule has 0 unspecified atom stereocenters. The highest BCUT2D eigenvalue weighted by Gasteiger charge is 2.32. The number of nitrogens with one attached hydrogen (secondary N) is 3. The topological polar surface area (TPSA) is 180 Å². The van der Waals surface area contributed by atoms with Crippen molar-refractivity contribution in [3.8, 4) is 17.2 Å². The zero-order valence-corrected chi connectivity index (χ0v) is 20.9. The lowest BCUT2D eigenvalue weighted by Gasteiger charge is -2.28. The third kappa shape index (κ3) is 6.34. The van der Waals surface area contributed by atoms with Gasteiger partial charge in [0.25, 0.3) is 5.91 Å². The van der Waals surface area contributed by atoms with Gasteiger partial charge in [-0.2, -0.15) is 5.10 Å². The van der Waals surface area contributed by atoms with Crippen LogP contribution in [0.3, 0.4) is 0 Å². The van der Waals surface area contributed by atoms with Crippen molar-refractivity contribution in [2.24, 2.45) is 5.10 Å². The lowest BCUT2D eigenvalue weighted by atomic mass is 9.95. The summed E-state index contributed by atoms with van der Waals surface area (Å²) in [6.07, 6.45) is 1.24. The molecule has 1 aliphatic heterocycles. The largest absolute Gasteiger partial charge is 0.493 e. The number of carbonyl (C=O) groups is 3. The first-order chi connectivity index (χ1) is 18.2. The summed E-state index contributed by atoms with van der Waals surface area (Å²) in [6, 6.07) is 7.62. The minimum Gasteiger partial charge on any atom is -0.493 e. The molecule has 3 rings (SSSR count). The molecule has 0 saturated heterocycles. The van der Waals surface area contributed by atoms with Crippen LogP contribution < -0.4 is 30.3 Å². The molecule has 1 atom stereocenters. The lowest BCUT2D eigenvalue weighted by molar-refractivity contribution is -0.385. The Kier molecular flexibility index (Phi) is 8.82. The second-order valence-electron chi connectivity index (χ2n) is 7.74. The molecule has 0 bridgehead atoms. The third-order valence-corrected chi connectivity index (χ3v) is 5.36. The molecular weight excluding hydrogens is 502 g/mol. The van der Waals surface area contributed by atoms with Crippen LogP contribution in [0.5, 0.6) is 17.2 Å². The molecule has 2 aromatic carbocycles. The normalized spacial score (nSPS) is 14.8. The van der Waals surface area contributed by atoms with Crippen LogP contribution in [0.2, 0.25) is 0 Å². The molecule has 200 valence electrons. The number of urea groups is 1. The summed E-state index contributed by atoms with van der Waals surface area (Å²) in [5.41, 5.74) is 3.49. The molecule has 1 aliphatic rings. The average molecular weight is 527 g/mol. The number of methoxy groups -OCH3 is 3. The molecule has 0 saturated carbocycles. The van der Waals surface area contributed by atoms with Gasteiger partial charge >= 0.3 is 17.7 Å². The van der Waals surface area contributed by atoms with Crippen molar-refractivity contribution in [1.82, 2.24) is 16.1 Å². The van der Waals surface area contributed by atoms with Crippen LogP contribution in [0.4, 0.5) is 10.5 Å². The Balaban J connectivity index is 1.67. The Morgan fingerprint density at radius 2 is 1.82 bits per heavy atom. The fourth-order valence-corrected chi connectivity index (χ4v) is 3.59. The zero-order valence-electron chi connectivity index (χ0n) is 20.9. The molecule has 3 amide bonds. The smallest absolute Gasteiger partial charge is 0.337 e. The first-order valence-corrected chi connectivity index (χ1v) is 11.0. The van der Waals surface area contributed by atoms with Gasteiger partial charge in [-0.05, 0) is 36.8 Å². The molecule has 0 spiro atoms. The number of nitro benzene ring substituents is 1. The summed E-state index contributed by atoms with van der Waals surface area (Å²) in [6.45, 7) is 1.16. The number of benzene rings is 2. The van der Waals surface area contributed by atoms with E-state index in [1.807, 2.05) is 0 Å². The first-order valence-electron chi connectivity index (χ1n) is 11.0. The van der Waals surface area contributed by atoms with Gasteiger partial charge in [-0.25, -0.2) is 15.0 Å². The molecule has 0 aliphatic carbocycles. The Morgan fingerprint density at radius 1 is 1.11 bits per heavy atom. The SMILES string of the molecule is COC(=O)C1=C(C)NC(=O)N[C@H]1c1ccc(OCC(=O)N/N=C\c2ccc(OC)c([N+](=O)[O-])c2)c(OC)c1. The van der Waals surface area contributed by atoms with E-state index in [1.54, 1.807) is 19.1 Å². The van der Waals surface area contributed by atoms with E-state index in [0.29, 0.717) is 16.8 Å². The van der Waals surface area contributed by atoms with Gasteiger partial charge in [0.05, 0.1) is 44.1 Å². The minimum absolute atomic E-state index is 0.0970. The van der Waals surface area contributed by atoms with Gasteiger partial charge in [0.15, 0.2) is 23.9 Å². The summed E-state index contributed by atoms with van der Waals surface area (Å²) < 4.78 is 20.7. The van der Waals surface area contributed by atoms with Crippen molar-refractivity contribution in [3.63, 3.8) is 0 Å². The molecule has 0 fully saturated rings. The van der Waals surface area contributed by atoms with E-state index in [2.05, 4.69) is 21.2 Å². The van der Waals surface area contributed by atoms with Crippen LogP contribution in [-0.2, 0) is 14.3 Å². The molecule has 3 N–H and O–H groups in total. The summed E-state index contributed by atoms with van der Waals surface area (Å²) in [5, 5.41) is 20.1. The van der Waals surface area contributed by atoms with Crippen LogP contribution in [0.1, 0.15) is 24.1 Å². The Hall–Kier alpha value is -5.14. The molecule has 2 aromatic rings. The van der Waals surface area contributed by atoms with Crippen molar-refractivity contribution in [2.45, 2.75) is 13.0 Å². The van der Waals surface area contributed by atoms with Crippen LogP contribution in [0, 0.1) is 10.1 Å². The minimum atomic E-state index is -0.800. The molecular formula is C24H25N5O9. The van der Waals surface area contributed by atoms with Gasteiger partial charge in [0.1, 0.15) is 0 Å². The number of nitrogens with zero attached hydrogens (tertiary/aromatic N) is 2. The Bertz CT molecular complexity index is 1320. The van der Waals surface area contributed by atoms with Gasteiger partial charge in [0.2, 0.25) is 0 Å². The van der Waals surface area contributed by atoms with Crippen LogP contribution >= 0.6 is 0 Å². The van der Waals surface area contributed by atoms with Gasteiger partial charge in [-0.15, -0.1) is 0 Å². The molecule has 1 heterocycles. The van der Waals surface area contributed by atoms with E-state index in [4.69, 9.17) is 18.9 Å². The highest BCUT2D eigenvalue weighted by Crippen LogP contribution is 2.34. The second-order valence-corrected chi connectivity index (χ2v) is 7.74. The molecule has 14 heteroatoms. The predicted molar refractivity (Wildman–Crippen MR) is 133 cm³/mol. The van der Waals surface area contributed by atoms with Crippen LogP contribution in [0.25, 0.3) is 0 Å². The monoisotopic (exact) mass is 527 g/mol. The highest BCUT2D eigenvalue weighted by molar-refractivity contribution is 5.95. The molecule has 14 nitrogen and oxygen atoms in total. The number of hydrogen-bond donors (Lipinski definition) is 3. The van der Waals surface area contributed by atoms with Crippen molar-refractivity contribution in [2.75, 3.05) is 27.9 Å². The van der Waals surface area contributed by atoms with E-state index in [-0.39, 0.29) is 28.5 Å². The fourth-order valence-electron chi connectivity index (χ4n) is 3.59. The maximum absolute atomic E-state index is 12.3. The second kappa shape index (κ2) is 12.2. The number of esters is 1. The number of nitro groups is 1. The zero-order chi connectivity index (χ0) is 27.8. The quantitative estimate of drug-likeness (QED) is 0.180. The fraction of sp³-hybridized carbons (Fsp3) is 0.250. The van der Waals surface area contributed by atoms with Crippen molar-refractivity contribution < 1.29 is 38.3 Å². The maximum atomic E-state index is 12.3. The van der Waals surface area contributed by atoms with Crippen molar-refractivity contribution >= 4 is 29.8 Å². The molecule has 0 radical (unpaired) electrons. The van der Waals surface area contributed by atoms with E-state index < -0.39 is 35.5 Å². The van der Waals surface area contributed by atoms with E-state index >= 15 is 0 Å². The summed E-state index contributed by atoms with van der Waals surface area (Å²) in [4.78, 5) is 47.0. The van der Waals surface area contributed by atoms with Gasteiger partial charge in [-0.1, -0.05) is 6.07 Å². The molecule has 38 heavy (non-hydrogen) atoms. The standard InChI is InChI=1S/C24H25N5O9/c1-13-21(23(31)37-4)22(27-24(32)26-13)15-6-8-18(19(10-15)36-3)38-12-20(30)28-25-11-14-5-7-17(35-2)16(9-14)29(33)34/h5-11,22H,12H2,1-4H3,(H,28,30)(H2,26,27,32)/b25-11-/t22-/m0/s1. The van der Waals surface area contributed by atoms with Crippen molar-refractivity contribution in [1.29, 1.82) is 0 Å². The number of hydrazone groups is 1. The van der Waals surface area contributed by atoms with E-state index in [0.717, 1.165) is 0 Å². The first kappa shape index (κ1) is 27.4. The maximum Gasteiger partial charge on any atom is 0.337 e. The van der Waals surface area contributed by atoms with Crippen LogP contribution in [0.15, 0.2) is 52.8 Å². The Morgan fingerprint density at radius 3 is 2.47 bits per heavy atom. The van der Waals surface area contributed by atoms with Crippen molar-refractivity contribution in [3.05, 3.63) is 68.9 Å². The number of ether oxygens (including phenoxy) is 4. The van der Waals surface area contributed by atoms with Gasteiger partial charge in [-0.3, -0.25) is 14.9 Å². The highest BCUT2D eigenvalue weighted by atomic mass is 16.6. The van der Waals surface area contributed by atoms with E-state index in [9.17, 15) is 24.5 Å². The Labute approximate surface area is 216 Å². The summed E-state index contributed by atoms with van der Waals surface area (Å²) >= 11 is 0. The van der Waals surface area contributed by atoms with Gasteiger partial charge in [0, 0.05) is 17.3 Å². The van der Waals surface area contributed by atoms with E-state index in [1.165, 1.54) is 51.8 Å². The lowest BCUT2D eigenvalue weighted by Crippen LogP contribution is -2.45. The average Bonchev–Trinajstić information content (AvgIpc) is 2.90. The predicted octanol–water partition coefficient (Wildman–Crippen LogP) is 1.94.